The number of nitrogens with one attached hydrogen (secondary N) is 1. The predicted octanol–water partition coefficient (Wildman–Crippen LogP) is 8.47. The number of fused-ring (bicyclic) bond motifs is 1. The molecule has 2 aliphatic rings. The molecule has 10 heteroatoms. The molecule has 246 valence electrons. The lowest BCUT2D eigenvalue weighted by Gasteiger charge is -2.31. The molecule has 8 nitrogen and oxygen atoms in total. The fourth-order valence-corrected chi connectivity index (χ4v) is 7.95. The number of ether oxygens (including phenoxy) is 2. The van der Waals surface area contributed by atoms with Gasteiger partial charge in [-0.1, -0.05) is 33.1 Å². The van der Waals surface area contributed by atoms with Gasteiger partial charge >= 0.3 is 5.97 Å². The van der Waals surface area contributed by atoms with Crippen molar-refractivity contribution >= 4 is 57.2 Å². The standard InChI is InChI=1S/C36H43N3O5S.ClH/c1-23(2)19-32(40)37-27-11-14-29(39-15-17-43-18-16-39)26(20-27)22-44-28-12-9-25(10-13-28)34-33(24-7-5-4-6-8-24)35-30(38(34)3)21-31(45-35)36(41)42;/h9-14,20-21,23-24H,4-8,15-19,22H2,1-3H3,(H,37,40)(H,41,42);1H. The number of anilines is 2. The summed E-state index contributed by atoms with van der Waals surface area (Å²) >= 11 is 1.40. The summed E-state index contributed by atoms with van der Waals surface area (Å²) < 4.78 is 15.2. The van der Waals surface area contributed by atoms with Gasteiger partial charge in [-0.25, -0.2) is 4.79 Å². The third-order valence-corrected chi connectivity index (χ3v) is 10.1. The normalized spacial score (nSPS) is 15.6. The SMILES string of the molecule is CC(C)CC(=O)Nc1ccc(N2CCOCC2)c(COc2ccc(-c3c(C4CCCCC4)c4sc(C(=O)O)cc4n3C)cc2)c1.Cl. The monoisotopic (exact) mass is 665 g/mol. The number of carboxylic acid groups (broad SMARTS) is 1. The molecule has 1 amide bonds. The van der Waals surface area contributed by atoms with Gasteiger partial charge in [-0.3, -0.25) is 4.79 Å². The number of carbonyl (C=O) groups excluding carboxylic acids is 1. The van der Waals surface area contributed by atoms with E-state index in [0.717, 1.165) is 64.4 Å². The molecular weight excluding hydrogens is 622 g/mol. The van der Waals surface area contributed by atoms with Crippen LogP contribution in [0.15, 0.2) is 48.5 Å². The van der Waals surface area contributed by atoms with E-state index < -0.39 is 5.97 Å². The average molecular weight is 666 g/mol. The molecule has 0 bridgehead atoms. The van der Waals surface area contributed by atoms with E-state index in [1.165, 1.54) is 41.9 Å². The van der Waals surface area contributed by atoms with Crippen molar-refractivity contribution in [3.8, 4) is 17.0 Å². The number of rotatable bonds is 10. The van der Waals surface area contributed by atoms with Crippen molar-refractivity contribution in [1.82, 2.24) is 4.57 Å². The first kappa shape index (κ1) is 33.8. The minimum Gasteiger partial charge on any atom is -0.489 e. The van der Waals surface area contributed by atoms with Crippen LogP contribution in [0.1, 0.15) is 79.1 Å². The molecule has 0 radical (unpaired) electrons. The van der Waals surface area contributed by atoms with Crippen molar-refractivity contribution in [3.05, 3.63) is 64.5 Å². The first-order valence-electron chi connectivity index (χ1n) is 16.1. The number of nitrogens with zero attached hydrogens (tertiary/aromatic N) is 2. The molecule has 1 aliphatic heterocycles. The van der Waals surface area contributed by atoms with Gasteiger partial charge in [-0.15, -0.1) is 23.7 Å². The van der Waals surface area contributed by atoms with Gasteiger partial charge in [0.15, 0.2) is 0 Å². The topological polar surface area (TPSA) is 93.0 Å². The number of carbonyl (C=O) groups is 2. The number of carboxylic acids is 1. The molecule has 2 aromatic carbocycles. The molecule has 0 unspecified atom stereocenters. The fourth-order valence-electron chi connectivity index (χ4n) is 6.80. The second kappa shape index (κ2) is 14.9. The van der Waals surface area contributed by atoms with Crippen molar-refractivity contribution in [2.24, 2.45) is 13.0 Å². The molecule has 3 heterocycles. The van der Waals surface area contributed by atoms with E-state index in [-0.39, 0.29) is 24.2 Å². The molecule has 46 heavy (non-hydrogen) atoms. The number of amides is 1. The Labute approximate surface area is 281 Å². The first-order chi connectivity index (χ1) is 21.8. The molecule has 6 rings (SSSR count). The van der Waals surface area contributed by atoms with Crippen LogP contribution in [-0.2, 0) is 23.2 Å². The van der Waals surface area contributed by atoms with Gasteiger partial charge in [-0.2, -0.15) is 0 Å². The molecule has 4 aromatic rings. The zero-order chi connectivity index (χ0) is 31.5. The van der Waals surface area contributed by atoms with E-state index in [0.29, 0.717) is 37.0 Å². The summed E-state index contributed by atoms with van der Waals surface area (Å²) in [4.78, 5) is 27.0. The van der Waals surface area contributed by atoms with E-state index in [1.807, 2.05) is 51.2 Å². The van der Waals surface area contributed by atoms with Crippen LogP contribution in [0.5, 0.6) is 5.75 Å². The Morgan fingerprint density at radius 1 is 1.04 bits per heavy atom. The highest BCUT2D eigenvalue weighted by Gasteiger charge is 2.28. The first-order valence-corrected chi connectivity index (χ1v) is 16.9. The molecule has 2 N–H and O–H groups in total. The number of morpholine rings is 1. The predicted molar refractivity (Wildman–Crippen MR) is 188 cm³/mol. The maximum absolute atomic E-state index is 12.5. The van der Waals surface area contributed by atoms with Gasteiger partial charge in [0.25, 0.3) is 0 Å². The van der Waals surface area contributed by atoms with Crippen LogP contribution >= 0.6 is 23.7 Å². The molecule has 0 atom stereocenters. The van der Waals surface area contributed by atoms with Crippen molar-refractivity contribution in [1.29, 1.82) is 0 Å². The highest BCUT2D eigenvalue weighted by atomic mass is 35.5. The molecule has 2 fully saturated rings. The Kier molecular flexibility index (Phi) is 11.0. The van der Waals surface area contributed by atoms with E-state index in [1.54, 1.807) is 0 Å². The van der Waals surface area contributed by atoms with E-state index in [9.17, 15) is 14.7 Å². The minimum atomic E-state index is -0.867. The maximum Gasteiger partial charge on any atom is 0.345 e. The van der Waals surface area contributed by atoms with E-state index in [2.05, 4.69) is 33.0 Å². The summed E-state index contributed by atoms with van der Waals surface area (Å²) in [5, 5.41) is 12.7. The highest BCUT2D eigenvalue weighted by molar-refractivity contribution is 7.21. The summed E-state index contributed by atoms with van der Waals surface area (Å²) in [6, 6.07) is 16.2. The number of hydrogen-bond acceptors (Lipinski definition) is 6. The molecule has 1 aliphatic carbocycles. The van der Waals surface area contributed by atoms with Gasteiger partial charge in [-0.05, 0) is 84.3 Å². The van der Waals surface area contributed by atoms with Crippen LogP contribution in [0, 0.1) is 5.92 Å². The van der Waals surface area contributed by atoms with Gasteiger partial charge in [0.1, 0.15) is 17.2 Å². The minimum absolute atomic E-state index is 0. The second-order valence-electron chi connectivity index (χ2n) is 12.7. The van der Waals surface area contributed by atoms with Gasteiger partial charge in [0.2, 0.25) is 5.91 Å². The lowest BCUT2D eigenvalue weighted by Crippen LogP contribution is -2.36. The third-order valence-electron chi connectivity index (χ3n) is 8.96. The summed E-state index contributed by atoms with van der Waals surface area (Å²) in [6.07, 6.45) is 6.43. The summed E-state index contributed by atoms with van der Waals surface area (Å²) in [5.74, 6) is 0.633. The quantitative estimate of drug-likeness (QED) is 0.177. The Bertz CT molecular complexity index is 1670. The van der Waals surface area contributed by atoms with Crippen LogP contribution in [0.2, 0.25) is 0 Å². The summed E-state index contributed by atoms with van der Waals surface area (Å²) in [5.41, 5.74) is 7.45. The molecule has 2 aromatic heterocycles. The number of aromatic carboxylic acids is 1. The van der Waals surface area contributed by atoms with Crippen LogP contribution in [0.25, 0.3) is 21.5 Å². The lowest BCUT2D eigenvalue weighted by molar-refractivity contribution is -0.116. The largest absolute Gasteiger partial charge is 0.489 e. The van der Waals surface area contributed by atoms with Gasteiger partial charge in [0.05, 0.1) is 29.1 Å². The smallest absolute Gasteiger partial charge is 0.345 e. The third kappa shape index (κ3) is 7.37. The number of halogens is 1. The lowest BCUT2D eigenvalue weighted by atomic mass is 9.83. The van der Waals surface area contributed by atoms with Crippen LogP contribution < -0.4 is 15.0 Å². The summed E-state index contributed by atoms with van der Waals surface area (Å²) in [7, 11) is 2.05. The van der Waals surface area contributed by atoms with E-state index in [4.69, 9.17) is 9.47 Å². The number of aromatic nitrogens is 1. The molecule has 0 spiro atoms. The van der Waals surface area contributed by atoms with Gasteiger partial charge < -0.3 is 29.4 Å². The van der Waals surface area contributed by atoms with Crippen LogP contribution in [0.3, 0.4) is 0 Å². The maximum atomic E-state index is 12.5. The van der Waals surface area contributed by atoms with Crippen molar-refractivity contribution in [2.45, 2.75) is 64.9 Å². The zero-order valence-corrected chi connectivity index (χ0v) is 28.5. The molecular formula is C36H44ClN3O5S. The molecule has 1 saturated carbocycles. The highest BCUT2D eigenvalue weighted by Crippen LogP contribution is 2.46. The number of aryl methyl sites for hydroxylation is 1. The average Bonchev–Trinajstić information content (AvgIpc) is 3.59. The number of hydrogen-bond donors (Lipinski definition) is 2. The second-order valence-corrected chi connectivity index (χ2v) is 13.7. The van der Waals surface area contributed by atoms with Crippen molar-refractivity contribution in [3.63, 3.8) is 0 Å². The Morgan fingerprint density at radius 2 is 1.76 bits per heavy atom. The van der Waals surface area contributed by atoms with Crippen molar-refractivity contribution in [2.75, 3.05) is 36.5 Å². The van der Waals surface area contributed by atoms with Crippen LogP contribution in [-0.4, -0.2) is 47.9 Å². The van der Waals surface area contributed by atoms with Crippen molar-refractivity contribution < 1.29 is 24.2 Å². The zero-order valence-electron chi connectivity index (χ0n) is 26.8. The van der Waals surface area contributed by atoms with Gasteiger partial charge in [0, 0.05) is 43.5 Å². The number of benzene rings is 2. The number of thiophene rings is 1. The van der Waals surface area contributed by atoms with E-state index >= 15 is 0 Å². The Balaban J connectivity index is 0.00000417. The Morgan fingerprint density at radius 3 is 2.43 bits per heavy atom. The summed E-state index contributed by atoms with van der Waals surface area (Å²) in [6.45, 7) is 7.44. The fraction of sp³-hybridized carbons (Fsp3) is 0.444. The molecule has 1 saturated heterocycles. The van der Waals surface area contributed by atoms with Crippen LogP contribution in [0.4, 0.5) is 11.4 Å². The Hall–Kier alpha value is -3.53.